The molecule has 2 aliphatic carbocycles. The first-order chi connectivity index (χ1) is 20.8. The Morgan fingerprint density at radius 2 is 0.833 bits per heavy atom. The smallest absolute Gasteiger partial charge is 0.223 e. The third-order valence-electron chi connectivity index (χ3n) is 6.89. The number of carbonyl (C=O) groups excluding carboxylic acids is 1. The summed E-state index contributed by atoms with van der Waals surface area (Å²) < 4.78 is 48.7. The van der Waals surface area contributed by atoms with Crippen LogP contribution in [-0.2, 0) is 47.4 Å². The zero-order chi connectivity index (χ0) is 29.8. The van der Waals surface area contributed by atoms with Gasteiger partial charge >= 0.3 is 0 Å². The average Bonchev–Trinajstić information content (AvgIpc) is 3.66. The molecule has 0 radical (unpaired) electrons. The molecule has 2 N–H and O–H groups in total. The van der Waals surface area contributed by atoms with E-state index in [1.54, 1.807) is 0 Å². The first-order valence-corrected chi connectivity index (χ1v) is 15.6. The number of hydrogen-bond acceptors (Lipinski definition) is 11. The van der Waals surface area contributed by atoms with Crippen LogP contribution in [0.3, 0.4) is 0 Å². The predicted molar refractivity (Wildman–Crippen MR) is 156 cm³/mol. The molecule has 1 unspecified atom stereocenters. The molecule has 0 aromatic heterocycles. The van der Waals surface area contributed by atoms with Gasteiger partial charge in [-0.2, -0.15) is 0 Å². The van der Waals surface area contributed by atoms with E-state index in [-0.39, 0.29) is 18.4 Å². The van der Waals surface area contributed by atoms with Crippen molar-refractivity contribution in [1.82, 2.24) is 5.32 Å². The number of carbonyl (C=O) groups is 1. The molecule has 12 heteroatoms. The van der Waals surface area contributed by atoms with Gasteiger partial charge in [0.2, 0.25) is 5.91 Å². The number of fused-ring (bicyclic) bond motifs is 1. The number of hydrogen-bond donors (Lipinski definition) is 2. The van der Waals surface area contributed by atoms with Gasteiger partial charge in [0, 0.05) is 12.5 Å². The zero-order valence-corrected chi connectivity index (χ0v) is 25.4. The van der Waals surface area contributed by atoms with Gasteiger partial charge in [-0.25, -0.2) is 0 Å². The van der Waals surface area contributed by atoms with E-state index < -0.39 is 0 Å². The van der Waals surface area contributed by atoms with E-state index in [4.69, 9.17) is 47.7 Å². The molecule has 246 valence electrons. The summed E-state index contributed by atoms with van der Waals surface area (Å²) >= 11 is 0. The maximum atomic E-state index is 12.4. The average molecular weight is 606 g/mol. The highest BCUT2D eigenvalue weighted by molar-refractivity contribution is 5.82. The van der Waals surface area contributed by atoms with E-state index in [2.05, 4.69) is 17.5 Å². The molecule has 0 aliphatic heterocycles. The van der Waals surface area contributed by atoms with Crippen LogP contribution < -0.4 is 5.32 Å². The molecule has 0 saturated heterocycles. The number of nitrogens with one attached hydrogen (secondary N) is 1. The summed E-state index contributed by atoms with van der Waals surface area (Å²) in [6.07, 6.45) is 8.97. The van der Waals surface area contributed by atoms with Gasteiger partial charge in [0.1, 0.15) is 0 Å². The van der Waals surface area contributed by atoms with Gasteiger partial charge in [-0.15, -0.1) is 0 Å². The van der Waals surface area contributed by atoms with Gasteiger partial charge in [-0.1, -0.05) is 12.2 Å². The van der Waals surface area contributed by atoms with Crippen LogP contribution in [0.1, 0.15) is 25.7 Å². The number of ether oxygens (including phenoxy) is 9. The molecule has 12 nitrogen and oxygen atoms in total. The summed E-state index contributed by atoms with van der Waals surface area (Å²) in [6.45, 7) is 9.43. The maximum absolute atomic E-state index is 12.4. The lowest BCUT2D eigenvalue weighted by atomic mass is 10.1. The first-order valence-electron chi connectivity index (χ1n) is 15.6. The van der Waals surface area contributed by atoms with Gasteiger partial charge in [-0.05, 0) is 37.5 Å². The highest BCUT2D eigenvalue weighted by atomic mass is 16.6. The van der Waals surface area contributed by atoms with Crippen LogP contribution >= 0.6 is 0 Å². The molecular formula is C30H55NO11. The summed E-state index contributed by atoms with van der Waals surface area (Å²) in [5.41, 5.74) is 0. The minimum absolute atomic E-state index is 0.0259. The lowest BCUT2D eigenvalue weighted by Crippen LogP contribution is -2.30. The Hall–Kier alpha value is -1.19. The molecule has 0 bridgehead atoms. The van der Waals surface area contributed by atoms with Gasteiger partial charge in [0.25, 0.3) is 0 Å². The maximum Gasteiger partial charge on any atom is 0.223 e. The molecule has 0 aromatic carbocycles. The molecule has 42 heavy (non-hydrogen) atoms. The second-order valence-corrected chi connectivity index (χ2v) is 10.0. The summed E-state index contributed by atoms with van der Waals surface area (Å²) in [5.74, 6) is 1.56. The van der Waals surface area contributed by atoms with Crippen LogP contribution in [-0.4, -0.2) is 143 Å². The Bertz CT molecular complexity index is 639. The largest absolute Gasteiger partial charge is 0.394 e. The van der Waals surface area contributed by atoms with E-state index >= 15 is 0 Å². The van der Waals surface area contributed by atoms with Crippen molar-refractivity contribution < 1.29 is 52.5 Å². The molecular weight excluding hydrogens is 550 g/mol. The van der Waals surface area contributed by atoms with Crippen molar-refractivity contribution in [2.45, 2.75) is 25.7 Å². The van der Waals surface area contributed by atoms with E-state index in [0.29, 0.717) is 137 Å². The van der Waals surface area contributed by atoms with Crippen molar-refractivity contribution >= 4 is 5.91 Å². The van der Waals surface area contributed by atoms with E-state index in [1.807, 2.05) is 0 Å². The van der Waals surface area contributed by atoms with Crippen molar-refractivity contribution in [2.24, 2.45) is 17.8 Å². The van der Waals surface area contributed by atoms with Crippen molar-refractivity contribution in [3.63, 3.8) is 0 Å². The summed E-state index contributed by atoms with van der Waals surface area (Å²) in [6, 6.07) is 0. The zero-order valence-electron chi connectivity index (χ0n) is 25.4. The highest BCUT2D eigenvalue weighted by Gasteiger charge is 2.52. The van der Waals surface area contributed by atoms with E-state index in [0.717, 1.165) is 25.7 Å². The minimum Gasteiger partial charge on any atom is -0.394 e. The van der Waals surface area contributed by atoms with Crippen LogP contribution in [0.15, 0.2) is 12.2 Å². The van der Waals surface area contributed by atoms with Crippen LogP contribution in [0.4, 0.5) is 0 Å². The molecule has 3 atom stereocenters. The third kappa shape index (κ3) is 19.9. The number of aliphatic hydroxyl groups excluding tert-OH is 1. The fourth-order valence-electron chi connectivity index (χ4n) is 4.72. The Labute approximate surface area is 251 Å². The lowest BCUT2D eigenvalue weighted by Gasteiger charge is -2.09. The van der Waals surface area contributed by atoms with Crippen molar-refractivity contribution in [3.8, 4) is 0 Å². The Morgan fingerprint density at radius 3 is 1.17 bits per heavy atom. The first kappa shape index (κ1) is 37.0. The Morgan fingerprint density at radius 1 is 0.524 bits per heavy atom. The lowest BCUT2D eigenvalue weighted by molar-refractivity contribution is -0.123. The van der Waals surface area contributed by atoms with Gasteiger partial charge in [0.05, 0.1) is 126 Å². The van der Waals surface area contributed by atoms with E-state index in [1.165, 1.54) is 0 Å². The highest BCUT2D eigenvalue weighted by Crippen LogP contribution is 2.52. The second kappa shape index (κ2) is 27.4. The molecule has 0 aromatic rings. The summed E-state index contributed by atoms with van der Waals surface area (Å²) in [5, 5.41) is 11.6. The molecule has 1 amide bonds. The Balaban J connectivity index is 1.18. The molecule has 0 spiro atoms. The molecule has 2 aliphatic rings. The normalized spacial score (nSPS) is 20.5. The number of amides is 1. The van der Waals surface area contributed by atoms with Crippen molar-refractivity contribution in [1.29, 1.82) is 0 Å². The fourth-order valence-corrected chi connectivity index (χ4v) is 4.72. The molecule has 0 heterocycles. The van der Waals surface area contributed by atoms with Crippen LogP contribution in [0.25, 0.3) is 0 Å². The van der Waals surface area contributed by atoms with Gasteiger partial charge in [0.15, 0.2) is 0 Å². The topological polar surface area (TPSA) is 132 Å². The van der Waals surface area contributed by atoms with Gasteiger partial charge in [-0.3, -0.25) is 4.79 Å². The van der Waals surface area contributed by atoms with E-state index in [9.17, 15) is 4.79 Å². The van der Waals surface area contributed by atoms with Crippen LogP contribution in [0.2, 0.25) is 0 Å². The SMILES string of the molecule is O=C(NCCOCCOCCOCCOCCOCCOCCOCCOCCOCCO)C1[C@H]2CC/C=C/CC[C@@H]12. The number of rotatable bonds is 30. The molecule has 2 rings (SSSR count). The second-order valence-electron chi connectivity index (χ2n) is 10.0. The Kier molecular flexibility index (Phi) is 24.1. The van der Waals surface area contributed by atoms with Crippen LogP contribution in [0.5, 0.6) is 0 Å². The molecule has 1 fully saturated rings. The molecule has 1 saturated carbocycles. The third-order valence-corrected chi connectivity index (χ3v) is 6.89. The number of aliphatic hydroxyl groups is 1. The standard InChI is InChI=1S/C30H55NO11/c32-8-10-35-12-14-37-16-18-39-20-22-41-24-26-42-25-23-40-21-19-38-17-15-36-13-11-34-9-7-31-30(33)29-27-5-3-1-2-4-6-28(27)29/h1-2,27-29,32H,3-26H2,(H,31,33)/b2-1+/t27-,28+,29?. The summed E-state index contributed by atoms with van der Waals surface area (Å²) in [7, 11) is 0. The number of allylic oxidation sites excluding steroid dienone is 2. The van der Waals surface area contributed by atoms with Crippen molar-refractivity contribution in [3.05, 3.63) is 12.2 Å². The minimum atomic E-state index is 0.0259. The quantitative estimate of drug-likeness (QED) is 0.0905. The van der Waals surface area contributed by atoms with Crippen LogP contribution in [0, 0.1) is 17.8 Å². The summed E-state index contributed by atoms with van der Waals surface area (Å²) in [4.78, 5) is 12.4. The predicted octanol–water partition coefficient (Wildman–Crippen LogP) is 1.24. The fraction of sp³-hybridized carbons (Fsp3) is 0.900. The van der Waals surface area contributed by atoms with Crippen molar-refractivity contribution in [2.75, 3.05) is 132 Å². The monoisotopic (exact) mass is 605 g/mol. The van der Waals surface area contributed by atoms with Gasteiger partial charge < -0.3 is 53.1 Å².